The first-order valence-electron chi connectivity index (χ1n) is 5.37. The summed E-state index contributed by atoms with van der Waals surface area (Å²) in [6, 6.07) is 1.63. The van der Waals surface area contributed by atoms with Gasteiger partial charge in [0.2, 0.25) is 0 Å². The lowest BCUT2D eigenvalue weighted by Crippen LogP contribution is -2.41. The zero-order valence-corrected chi connectivity index (χ0v) is 9.28. The lowest BCUT2D eigenvalue weighted by Gasteiger charge is -2.26. The molecule has 2 fully saturated rings. The Hall–Kier alpha value is 0.270. The van der Waals surface area contributed by atoms with Gasteiger partial charge in [-0.05, 0) is 19.9 Å². The van der Waals surface area contributed by atoms with Crippen LogP contribution in [-0.4, -0.2) is 42.2 Å². The van der Waals surface area contributed by atoms with Gasteiger partial charge in [-0.3, -0.25) is 0 Å². The van der Waals surface area contributed by atoms with E-state index in [1.807, 2.05) is 11.8 Å². The highest BCUT2D eigenvalue weighted by Crippen LogP contribution is 2.23. The highest BCUT2D eigenvalue weighted by molar-refractivity contribution is 7.99. The molecule has 1 saturated carbocycles. The standard InChI is InChI=1S/C10H20N2S/c1-12(10-4-2-3-5-10)6-9-7-13-8-11-9/h9-11H,2-8H2,1H3. The van der Waals surface area contributed by atoms with Gasteiger partial charge in [-0.1, -0.05) is 12.8 Å². The van der Waals surface area contributed by atoms with Gasteiger partial charge in [0, 0.05) is 30.3 Å². The van der Waals surface area contributed by atoms with E-state index in [-0.39, 0.29) is 0 Å². The molecule has 3 heteroatoms. The molecule has 0 aromatic rings. The number of hydrogen-bond acceptors (Lipinski definition) is 3. The van der Waals surface area contributed by atoms with E-state index in [0.717, 1.165) is 18.0 Å². The zero-order valence-electron chi connectivity index (χ0n) is 8.46. The number of hydrogen-bond donors (Lipinski definition) is 1. The van der Waals surface area contributed by atoms with Crippen molar-refractivity contribution in [1.29, 1.82) is 0 Å². The third kappa shape index (κ3) is 2.61. The van der Waals surface area contributed by atoms with Gasteiger partial charge in [0.05, 0.1) is 0 Å². The number of likely N-dealkylation sites (N-methyl/N-ethyl adjacent to an activating group) is 1. The summed E-state index contributed by atoms with van der Waals surface area (Å²) in [5.74, 6) is 2.46. The number of nitrogens with one attached hydrogen (secondary N) is 1. The van der Waals surface area contributed by atoms with Gasteiger partial charge in [-0.2, -0.15) is 0 Å². The fraction of sp³-hybridized carbons (Fsp3) is 1.00. The Bertz CT molecular complexity index is 151. The maximum absolute atomic E-state index is 3.53. The molecule has 1 aliphatic carbocycles. The van der Waals surface area contributed by atoms with Crippen LogP contribution in [0.15, 0.2) is 0 Å². The molecule has 1 N–H and O–H groups in total. The summed E-state index contributed by atoms with van der Waals surface area (Å²) < 4.78 is 0. The molecule has 0 radical (unpaired) electrons. The fourth-order valence-corrected chi connectivity index (χ4v) is 3.38. The first-order valence-corrected chi connectivity index (χ1v) is 6.53. The lowest BCUT2D eigenvalue weighted by atomic mass is 10.2. The third-order valence-corrected chi connectivity index (χ3v) is 4.26. The smallest absolute Gasteiger partial charge is 0.0421 e. The summed E-state index contributed by atoms with van der Waals surface area (Å²) >= 11 is 2.03. The molecule has 1 unspecified atom stereocenters. The SMILES string of the molecule is CN(CC1CSCN1)C1CCCC1. The van der Waals surface area contributed by atoms with Gasteiger partial charge in [0.15, 0.2) is 0 Å². The minimum Gasteiger partial charge on any atom is -0.303 e. The largest absolute Gasteiger partial charge is 0.303 e. The molecular formula is C10H20N2S. The Kier molecular flexibility index (Phi) is 3.52. The van der Waals surface area contributed by atoms with Crippen molar-refractivity contribution in [3.8, 4) is 0 Å². The van der Waals surface area contributed by atoms with Crippen molar-refractivity contribution in [2.45, 2.75) is 37.8 Å². The molecule has 0 aromatic heterocycles. The molecule has 1 saturated heterocycles. The number of rotatable bonds is 3. The van der Waals surface area contributed by atoms with Crippen LogP contribution < -0.4 is 5.32 Å². The van der Waals surface area contributed by atoms with E-state index in [2.05, 4.69) is 17.3 Å². The molecular weight excluding hydrogens is 180 g/mol. The molecule has 1 aliphatic heterocycles. The van der Waals surface area contributed by atoms with Crippen molar-refractivity contribution < 1.29 is 0 Å². The van der Waals surface area contributed by atoms with Crippen LogP contribution in [0.4, 0.5) is 0 Å². The molecule has 0 bridgehead atoms. The topological polar surface area (TPSA) is 15.3 Å². The molecule has 1 atom stereocenters. The summed E-state index contributed by atoms with van der Waals surface area (Å²) in [6.07, 6.45) is 5.75. The Balaban J connectivity index is 1.73. The second-order valence-corrected chi connectivity index (χ2v) is 5.32. The molecule has 0 aromatic carbocycles. The van der Waals surface area contributed by atoms with Gasteiger partial charge in [-0.25, -0.2) is 0 Å². The van der Waals surface area contributed by atoms with Gasteiger partial charge in [-0.15, -0.1) is 11.8 Å². The van der Waals surface area contributed by atoms with Crippen LogP contribution in [0.3, 0.4) is 0 Å². The fourth-order valence-electron chi connectivity index (χ4n) is 2.40. The van der Waals surface area contributed by atoms with Crippen molar-refractivity contribution in [3.63, 3.8) is 0 Å². The van der Waals surface area contributed by atoms with Gasteiger partial charge >= 0.3 is 0 Å². The normalized spacial score (nSPS) is 30.5. The van der Waals surface area contributed by atoms with Crippen LogP contribution in [0.1, 0.15) is 25.7 Å². The Morgan fingerprint density at radius 3 is 2.77 bits per heavy atom. The van der Waals surface area contributed by atoms with Crippen LogP contribution >= 0.6 is 11.8 Å². The van der Waals surface area contributed by atoms with Crippen LogP contribution in [-0.2, 0) is 0 Å². The maximum atomic E-state index is 3.53. The van der Waals surface area contributed by atoms with Crippen LogP contribution in [0.25, 0.3) is 0 Å². The highest BCUT2D eigenvalue weighted by atomic mass is 32.2. The van der Waals surface area contributed by atoms with E-state index in [0.29, 0.717) is 0 Å². The number of nitrogens with zero attached hydrogens (tertiary/aromatic N) is 1. The summed E-state index contributed by atoms with van der Waals surface area (Å²) in [5.41, 5.74) is 0. The molecule has 0 spiro atoms. The van der Waals surface area contributed by atoms with E-state index < -0.39 is 0 Å². The lowest BCUT2D eigenvalue weighted by molar-refractivity contribution is 0.229. The zero-order chi connectivity index (χ0) is 9.10. The van der Waals surface area contributed by atoms with E-state index in [4.69, 9.17) is 0 Å². The summed E-state index contributed by atoms with van der Waals surface area (Å²) in [4.78, 5) is 2.57. The van der Waals surface area contributed by atoms with Crippen molar-refractivity contribution in [1.82, 2.24) is 10.2 Å². The molecule has 2 nitrogen and oxygen atoms in total. The predicted molar refractivity (Wildman–Crippen MR) is 59.1 cm³/mol. The molecule has 76 valence electrons. The Morgan fingerprint density at radius 2 is 2.15 bits per heavy atom. The second kappa shape index (κ2) is 4.67. The number of thioether (sulfide) groups is 1. The molecule has 0 amide bonds. The van der Waals surface area contributed by atoms with Crippen LogP contribution in [0, 0.1) is 0 Å². The molecule has 1 heterocycles. The Labute approximate surface area is 85.4 Å². The minimum atomic E-state index is 0.746. The first kappa shape index (κ1) is 9.81. The average Bonchev–Trinajstić information content (AvgIpc) is 2.74. The van der Waals surface area contributed by atoms with Crippen molar-refractivity contribution >= 4 is 11.8 Å². The minimum absolute atomic E-state index is 0.746. The van der Waals surface area contributed by atoms with Gasteiger partial charge in [0.1, 0.15) is 0 Å². The summed E-state index contributed by atoms with van der Waals surface area (Å²) in [7, 11) is 2.29. The molecule has 13 heavy (non-hydrogen) atoms. The van der Waals surface area contributed by atoms with E-state index >= 15 is 0 Å². The molecule has 2 rings (SSSR count). The summed E-state index contributed by atoms with van der Waals surface area (Å²) in [6.45, 7) is 1.25. The summed E-state index contributed by atoms with van der Waals surface area (Å²) in [5, 5.41) is 3.53. The predicted octanol–water partition coefficient (Wildman–Crippen LogP) is 1.52. The van der Waals surface area contributed by atoms with Crippen molar-refractivity contribution in [3.05, 3.63) is 0 Å². The quantitative estimate of drug-likeness (QED) is 0.743. The van der Waals surface area contributed by atoms with Gasteiger partial charge in [0.25, 0.3) is 0 Å². The monoisotopic (exact) mass is 200 g/mol. The van der Waals surface area contributed by atoms with E-state index in [9.17, 15) is 0 Å². The third-order valence-electron chi connectivity index (χ3n) is 3.25. The van der Waals surface area contributed by atoms with Crippen LogP contribution in [0.2, 0.25) is 0 Å². The van der Waals surface area contributed by atoms with E-state index in [1.54, 1.807) is 0 Å². The maximum Gasteiger partial charge on any atom is 0.0421 e. The molecule has 2 aliphatic rings. The van der Waals surface area contributed by atoms with Gasteiger partial charge < -0.3 is 10.2 Å². The Morgan fingerprint density at radius 1 is 1.38 bits per heavy atom. The first-order chi connectivity index (χ1) is 6.36. The average molecular weight is 200 g/mol. The van der Waals surface area contributed by atoms with Crippen LogP contribution in [0.5, 0.6) is 0 Å². The highest BCUT2D eigenvalue weighted by Gasteiger charge is 2.23. The van der Waals surface area contributed by atoms with Crippen molar-refractivity contribution in [2.75, 3.05) is 25.2 Å². The second-order valence-electron chi connectivity index (χ2n) is 4.29. The van der Waals surface area contributed by atoms with E-state index in [1.165, 1.54) is 38.0 Å². The van der Waals surface area contributed by atoms with Crippen molar-refractivity contribution in [2.24, 2.45) is 0 Å².